The van der Waals surface area contributed by atoms with Gasteiger partial charge in [0.15, 0.2) is 0 Å². The number of aliphatic hydroxyl groups excluding tert-OH is 1. The molecule has 0 saturated heterocycles. The van der Waals surface area contributed by atoms with Gasteiger partial charge in [-0.1, -0.05) is 20.3 Å². The zero-order valence-corrected chi connectivity index (χ0v) is 12.5. The quantitative estimate of drug-likeness (QED) is 0.697. The van der Waals surface area contributed by atoms with E-state index in [1.54, 1.807) is 0 Å². The lowest BCUT2D eigenvalue weighted by Gasteiger charge is -2.22. The Labute approximate surface area is 117 Å². The van der Waals surface area contributed by atoms with Crippen LogP contribution in [0.15, 0.2) is 0 Å². The van der Waals surface area contributed by atoms with Gasteiger partial charge in [-0.15, -0.1) is 0 Å². The predicted octanol–water partition coefficient (Wildman–Crippen LogP) is 2.73. The second kappa shape index (κ2) is 6.25. The number of carbonyl (C=O) groups excluding carboxylic acids is 1. The third-order valence-corrected chi connectivity index (χ3v) is 5.11. The Morgan fingerprint density at radius 2 is 2.11 bits per heavy atom. The molecule has 0 aliphatic heterocycles. The Morgan fingerprint density at radius 1 is 1.32 bits per heavy atom. The van der Waals surface area contributed by atoms with Crippen molar-refractivity contribution in [3.05, 3.63) is 0 Å². The maximum Gasteiger partial charge on any atom is 0.220 e. The Kier molecular flexibility index (Phi) is 4.88. The van der Waals surface area contributed by atoms with Gasteiger partial charge in [-0.2, -0.15) is 0 Å². The first kappa shape index (κ1) is 14.8. The molecule has 2 fully saturated rings. The van der Waals surface area contributed by atoms with Crippen molar-refractivity contribution in [1.82, 2.24) is 5.32 Å². The fraction of sp³-hybridized carbons (Fsp3) is 0.938. The maximum absolute atomic E-state index is 11.9. The number of rotatable bonds is 7. The second-order valence-corrected chi connectivity index (χ2v) is 7.41. The number of carbonyl (C=O) groups is 1. The van der Waals surface area contributed by atoms with Gasteiger partial charge in [-0.05, 0) is 55.3 Å². The Hall–Kier alpha value is -0.570. The molecule has 2 aliphatic rings. The molecule has 0 aromatic heterocycles. The third-order valence-electron chi connectivity index (χ3n) is 5.11. The van der Waals surface area contributed by atoms with E-state index in [1.807, 2.05) is 0 Å². The molecule has 2 rings (SSSR count). The summed E-state index contributed by atoms with van der Waals surface area (Å²) in [6.07, 6.45) is 8.07. The smallest absolute Gasteiger partial charge is 0.220 e. The summed E-state index contributed by atoms with van der Waals surface area (Å²) in [5, 5.41) is 12.2. The lowest BCUT2D eigenvalue weighted by atomic mass is 9.86. The van der Waals surface area contributed by atoms with Gasteiger partial charge in [0.05, 0.1) is 0 Å². The molecule has 110 valence electrons. The largest absolute Gasteiger partial charge is 0.396 e. The average molecular weight is 267 g/mol. The molecule has 0 aromatic rings. The van der Waals surface area contributed by atoms with Gasteiger partial charge in [0, 0.05) is 19.6 Å². The lowest BCUT2D eigenvalue weighted by Crippen LogP contribution is -2.29. The van der Waals surface area contributed by atoms with Gasteiger partial charge in [-0.3, -0.25) is 4.79 Å². The number of nitrogens with one attached hydrogen (secondary N) is 1. The van der Waals surface area contributed by atoms with Gasteiger partial charge in [-0.25, -0.2) is 0 Å². The molecule has 3 heteroatoms. The van der Waals surface area contributed by atoms with Gasteiger partial charge >= 0.3 is 0 Å². The Bertz CT molecular complexity index is 314. The molecule has 2 bridgehead atoms. The van der Waals surface area contributed by atoms with Crippen LogP contribution in [-0.2, 0) is 4.79 Å². The van der Waals surface area contributed by atoms with Crippen molar-refractivity contribution in [2.45, 2.75) is 58.8 Å². The molecule has 3 nitrogen and oxygen atoms in total. The molecule has 0 spiro atoms. The van der Waals surface area contributed by atoms with Crippen molar-refractivity contribution in [1.29, 1.82) is 0 Å². The van der Waals surface area contributed by atoms with E-state index in [-0.39, 0.29) is 17.9 Å². The summed E-state index contributed by atoms with van der Waals surface area (Å²) < 4.78 is 0. The highest BCUT2D eigenvalue weighted by molar-refractivity contribution is 5.76. The van der Waals surface area contributed by atoms with Crippen molar-refractivity contribution in [3.63, 3.8) is 0 Å². The minimum absolute atomic E-state index is 0.0185. The van der Waals surface area contributed by atoms with E-state index in [4.69, 9.17) is 5.11 Å². The number of amides is 1. The van der Waals surface area contributed by atoms with E-state index < -0.39 is 0 Å². The summed E-state index contributed by atoms with van der Waals surface area (Å²) in [5.41, 5.74) is -0.0185. The van der Waals surface area contributed by atoms with Crippen LogP contribution in [0.25, 0.3) is 0 Å². The minimum atomic E-state index is -0.0185. The molecule has 1 amide bonds. The molecule has 3 atom stereocenters. The van der Waals surface area contributed by atoms with E-state index >= 15 is 0 Å². The van der Waals surface area contributed by atoms with Crippen LogP contribution < -0.4 is 5.32 Å². The second-order valence-electron chi connectivity index (χ2n) is 7.41. The fourth-order valence-corrected chi connectivity index (χ4v) is 3.81. The van der Waals surface area contributed by atoms with E-state index in [0.717, 1.165) is 37.6 Å². The van der Waals surface area contributed by atoms with E-state index in [2.05, 4.69) is 19.2 Å². The molecule has 2 N–H and O–H groups in total. The monoisotopic (exact) mass is 267 g/mol. The summed E-state index contributed by atoms with van der Waals surface area (Å²) in [4.78, 5) is 11.9. The first-order chi connectivity index (χ1) is 9.00. The van der Waals surface area contributed by atoms with E-state index in [1.165, 1.54) is 25.7 Å². The topological polar surface area (TPSA) is 49.3 Å². The van der Waals surface area contributed by atoms with E-state index in [0.29, 0.717) is 5.92 Å². The number of aliphatic hydroxyl groups is 1. The molecule has 19 heavy (non-hydrogen) atoms. The van der Waals surface area contributed by atoms with Crippen molar-refractivity contribution in [2.75, 3.05) is 13.2 Å². The Morgan fingerprint density at radius 3 is 2.68 bits per heavy atom. The number of hydrogen-bond acceptors (Lipinski definition) is 2. The van der Waals surface area contributed by atoms with Crippen molar-refractivity contribution in [2.24, 2.45) is 23.2 Å². The van der Waals surface area contributed by atoms with Crippen LogP contribution in [0, 0.1) is 23.2 Å². The molecule has 2 aliphatic carbocycles. The molecule has 0 aromatic carbocycles. The zero-order chi connectivity index (χ0) is 13.9. The standard InChI is InChI=1S/C16H29NO2/c1-16(2,11-18)6-3-7-17-15(19)10-14-9-12-4-5-13(14)8-12/h12-14,18H,3-11H2,1-2H3,(H,17,19). The summed E-state index contributed by atoms with van der Waals surface area (Å²) in [5.74, 6) is 2.66. The van der Waals surface area contributed by atoms with Crippen LogP contribution in [0.1, 0.15) is 58.8 Å². The SMILES string of the molecule is CC(C)(CO)CCCNC(=O)CC1CC2CCC1C2. The maximum atomic E-state index is 11.9. The Balaban J connectivity index is 1.58. The summed E-state index contributed by atoms with van der Waals surface area (Å²) >= 11 is 0. The normalized spacial score (nSPS) is 29.7. The molecule has 0 heterocycles. The van der Waals surface area contributed by atoms with Crippen molar-refractivity contribution in [3.8, 4) is 0 Å². The highest BCUT2D eigenvalue weighted by atomic mass is 16.3. The third kappa shape index (κ3) is 4.20. The number of hydrogen-bond donors (Lipinski definition) is 2. The fourth-order valence-electron chi connectivity index (χ4n) is 3.81. The first-order valence-corrected chi connectivity index (χ1v) is 7.88. The van der Waals surface area contributed by atoms with Crippen molar-refractivity contribution >= 4 is 5.91 Å². The van der Waals surface area contributed by atoms with Crippen LogP contribution in [0.3, 0.4) is 0 Å². The molecular formula is C16H29NO2. The first-order valence-electron chi connectivity index (χ1n) is 7.88. The highest BCUT2D eigenvalue weighted by Crippen LogP contribution is 2.49. The van der Waals surface area contributed by atoms with Crippen LogP contribution in [0.2, 0.25) is 0 Å². The van der Waals surface area contributed by atoms with Gasteiger partial charge in [0.2, 0.25) is 5.91 Å². The minimum Gasteiger partial charge on any atom is -0.396 e. The molecule has 2 saturated carbocycles. The van der Waals surface area contributed by atoms with Crippen LogP contribution >= 0.6 is 0 Å². The zero-order valence-electron chi connectivity index (χ0n) is 12.5. The van der Waals surface area contributed by atoms with Gasteiger partial charge in [0.1, 0.15) is 0 Å². The number of fused-ring (bicyclic) bond motifs is 2. The van der Waals surface area contributed by atoms with Gasteiger partial charge < -0.3 is 10.4 Å². The van der Waals surface area contributed by atoms with Crippen LogP contribution in [0.5, 0.6) is 0 Å². The summed E-state index contributed by atoms with van der Waals surface area (Å²) in [6.45, 7) is 5.09. The van der Waals surface area contributed by atoms with Gasteiger partial charge in [0.25, 0.3) is 0 Å². The van der Waals surface area contributed by atoms with Crippen LogP contribution in [-0.4, -0.2) is 24.2 Å². The van der Waals surface area contributed by atoms with E-state index in [9.17, 15) is 4.79 Å². The highest BCUT2D eigenvalue weighted by Gasteiger charge is 2.39. The summed E-state index contributed by atoms with van der Waals surface area (Å²) in [7, 11) is 0. The summed E-state index contributed by atoms with van der Waals surface area (Å²) in [6, 6.07) is 0. The predicted molar refractivity (Wildman–Crippen MR) is 76.7 cm³/mol. The molecule has 3 unspecified atom stereocenters. The molecular weight excluding hydrogens is 238 g/mol. The van der Waals surface area contributed by atoms with Crippen molar-refractivity contribution < 1.29 is 9.90 Å². The average Bonchev–Trinajstić information content (AvgIpc) is 2.97. The lowest BCUT2D eigenvalue weighted by molar-refractivity contribution is -0.122. The van der Waals surface area contributed by atoms with Crippen LogP contribution in [0.4, 0.5) is 0 Å². The molecule has 0 radical (unpaired) electrons.